The van der Waals surface area contributed by atoms with E-state index in [-0.39, 0.29) is 12.1 Å². The molecule has 1 N–H and O–H groups in total. The molecule has 0 amide bonds. The second-order valence-electron chi connectivity index (χ2n) is 6.90. The van der Waals surface area contributed by atoms with Crippen molar-refractivity contribution >= 4 is 21.9 Å². The van der Waals surface area contributed by atoms with Gasteiger partial charge in [-0.3, -0.25) is 4.79 Å². The van der Waals surface area contributed by atoms with Gasteiger partial charge in [-0.1, -0.05) is 0 Å². The maximum Gasteiger partial charge on any atom is 0.253 e. The third-order valence-electron chi connectivity index (χ3n) is 4.76. The lowest BCUT2D eigenvalue weighted by Gasteiger charge is -2.09. The number of nitrogens with one attached hydrogen (secondary N) is 1. The number of aryl methyl sites for hydroxylation is 2. The standard InChI is InChI=1S/C19H20N2O4S/c1-11-5-15(10-21(2)19(11)22)16-7-12(9-20-26(23)24)6-14-8-17(13-3-4-13)25-18(14)16/h5-8,10,13,26H,3-4,9H2,1-2H3,(H,20,23,24). The summed E-state index contributed by atoms with van der Waals surface area (Å²) in [4.78, 5) is 12.0. The average Bonchev–Trinajstić information content (AvgIpc) is 3.36. The smallest absolute Gasteiger partial charge is 0.253 e. The molecule has 2 aromatic heterocycles. The van der Waals surface area contributed by atoms with Crippen LogP contribution in [-0.2, 0) is 24.5 Å². The third-order valence-corrected chi connectivity index (χ3v) is 5.18. The van der Waals surface area contributed by atoms with Crippen LogP contribution in [-0.4, -0.2) is 13.0 Å². The van der Waals surface area contributed by atoms with Crippen LogP contribution in [0, 0.1) is 6.92 Å². The summed E-state index contributed by atoms with van der Waals surface area (Å²) in [5.41, 5.74) is 3.98. The molecule has 1 aliphatic rings. The first-order valence-corrected chi connectivity index (χ1v) is 9.72. The van der Waals surface area contributed by atoms with E-state index in [0.717, 1.165) is 46.3 Å². The quantitative estimate of drug-likeness (QED) is 0.675. The lowest BCUT2D eigenvalue weighted by atomic mass is 10.0. The summed E-state index contributed by atoms with van der Waals surface area (Å²) in [6, 6.07) is 7.77. The van der Waals surface area contributed by atoms with Crippen molar-refractivity contribution in [2.45, 2.75) is 32.2 Å². The van der Waals surface area contributed by atoms with E-state index in [1.54, 1.807) is 24.7 Å². The molecule has 0 aliphatic heterocycles. The SMILES string of the molecule is Cc1cc(-c2cc(CN[SH](=O)=O)cc3cc(C4CC4)oc23)cn(C)c1=O. The van der Waals surface area contributed by atoms with E-state index in [2.05, 4.69) is 4.72 Å². The zero-order chi connectivity index (χ0) is 18.4. The monoisotopic (exact) mass is 372 g/mol. The molecular formula is C19H20N2O4S. The Kier molecular flexibility index (Phi) is 4.20. The van der Waals surface area contributed by atoms with Crippen molar-refractivity contribution < 1.29 is 12.8 Å². The second kappa shape index (κ2) is 6.41. The minimum Gasteiger partial charge on any atom is -0.460 e. The molecule has 4 rings (SSSR count). The molecule has 0 saturated heterocycles. The van der Waals surface area contributed by atoms with Gasteiger partial charge in [0.25, 0.3) is 5.56 Å². The van der Waals surface area contributed by atoms with Gasteiger partial charge in [-0.25, -0.2) is 13.1 Å². The Morgan fingerprint density at radius 1 is 1.23 bits per heavy atom. The Balaban J connectivity index is 1.91. The third kappa shape index (κ3) is 3.20. The highest BCUT2D eigenvalue weighted by atomic mass is 32.2. The number of hydrogen-bond donors (Lipinski definition) is 2. The van der Waals surface area contributed by atoms with Gasteiger partial charge in [0.1, 0.15) is 11.3 Å². The van der Waals surface area contributed by atoms with Gasteiger partial charge in [0.15, 0.2) is 0 Å². The summed E-state index contributed by atoms with van der Waals surface area (Å²) in [6.07, 6.45) is 4.06. The molecule has 0 radical (unpaired) electrons. The molecule has 7 heteroatoms. The lowest BCUT2D eigenvalue weighted by Crippen LogP contribution is -2.18. The van der Waals surface area contributed by atoms with Crippen molar-refractivity contribution in [2.24, 2.45) is 7.05 Å². The van der Waals surface area contributed by atoms with Crippen LogP contribution in [0.2, 0.25) is 0 Å². The van der Waals surface area contributed by atoms with Crippen LogP contribution < -0.4 is 10.3 Å². The highest BCUT2D eigenvalue weighted by molar-refractivity contribution is 7.70. The van der Waals surface area contributed by atoms with Gasteiger partial charge < -0.3 is 8.98 Å². The zero-order valence-corrected chi connectivity index (χ0v) is 15.5. The fourth-order valence-corrected chi connectivity index (χ4v) is 3.61. The highest BCUT2D eigenvalue weighted by Crippen LogP contribution is 2.44. The van der Waals surface area contributed by atoms with Gasteiger partial charge in [0, 0.05) is 47.8 Å². The van der Waals surface area contributed by atoms with Crippen molar-refractivity contribution in [3.8, 4) is 11.1 Å². The van der Waals surface area contributed by atoms with Crippen LogP contribution in [0.15, 0.2) is 39.7 Å². The number of thiol groups is 1. The molecule has 0 unspecified atom stereocenters. The predicted octanol–water partition coefficient (Wildman–Crippen LogP) is 2.60. The Bertz CT molecular complexity index is 1100. The number of nitrogens with zero attached hydrogens (tertiary/aromatic N) is 1. The van der Waals surface area contributed by atoms with Gasteiger partial charge in [0.2, 0.25) is 10.9 Å². The lowest BCUT2D eigenvalue weighted by molar-refractivity contribution is 0.553. The molecule has 0 atom stereocenters. The fraction of sp³-hybridized carbons (Fsp3) is 0.316. The molecule has 136 valence electrons. The second-order valence-corrected chi connectivity index (χ2v) is 7.74. The van der Waals surface area contributed by atoms with Gasteiger partial charge >= 0.3 is 0 Å². The number of fused-ring (bicyclic) bond motifs is 1. The highest BCUT2D eigenvalue weighted by Gasteiger charge is 2.28. The van der Waals surface area contributed by atoms with Crippen LogP contribution in [0.3, 0.4) is 0 Å². The molecule has 0 spiro atoms. The van der Waals surface area contributed by atoms with E-state index in [1.807, 2.05) is 24.3 Å². The molecule has 3 aromatic rings. The first-order chi connectivity index (χ1) is 12.4. The Hall–Kier alpha value is -2.38. The first-order valence-electron chi connectivity index (χ1n) is 8.54. The number of aromatic nitrogens is 1. The minimum atomic E-state index is -2.66. The van der Waals surface area contributed by atoms with Crippen molar-refractivity contribution in [1.82, 2.24) is 9.29 Å². The zero-order valence-electron chi connectivity index (χ0n) is 14.6. The summed E-state index contributed by atoms with van der Waals surface area (Å²) >= 11 is 0. The molecule has 1 saturated carbocycles. The normalized spacial score (nSPS) is 14.4. The Labute approximate surface area is 152 Å². The molecular weight excluding hydrogens is 352 g/mol. The Morgan fingerprint density at radius 2 is 2.00 bits per heavy atom. The Morgan fingerprint density at radius 3 is 2.65 bits per heavy atom. The van der Waals surface area contributed by atoms with Crippen molar-refractivity contribution in [3.63, 3.8) is 0 Å². The number of rotatable bonds is 5. The van der Waals surface area contributed by atoms with Gasteiger partial charge in [-0.2, -0.15) is 0 Å². The van der Waals surface area contributed by atoms with E-state index in [0.29, 0.717) is 11.5 Å². The van der Waals surface area contributed by atoms with Gasteiger partial charge in [0.05, 0.1) is 0 Å². The van der Waals surface area contributed by atoms with Gasteiger partial charge in [-0.05, 0) is 49.6 Å². The van der Waals surface area contributed by atoms with E-state index >= 15 is 0 Å². The van der Waals surface area contributed by atoms with Crippen LogP contribution in [0.5, 0.6) is 0 Å². The van der Waals surface area contributed by atoms with Crippen LogP contribution in [0.4, 0.5) is 0 Å². The summed E-state index contributed by atoms with van der Waals surface area (Å²) < 4.78 is 31.9. The van der Waals surface area contributed by atoms with E-state index in [9.17, 15) is 13.2 Å². The van der Waals surface area contributed by atoms with Crippen molar-refractivity contribution in [1.29, 1.82) is 0 Å². The van der Waals surface area contributed by atoms with Crippen molar-refractivity contribution in [3.05, 3.63) is 57.7 Å². The van der Waals surface area contributed by atoms with Gasteiger partial charge in [-0.15, -0.1) is 0 Å². The van der Waals surface area contributed by atoms with Crippen LogP contribution in [0.1, 0.15) is 35.6 Å². The van der Waals surface area contributed by atoms with E-state index in [4.69, 9.17) is 4.42 Å². The maximum atomic E-state index is 12.0. The molecule has 1 aromatic carbocycles. The molecule has 1 fully saturated rings. The number of furan rings is 1. The summed E-state index contributed by atoms with van der Waals surface area (Å²) in [7, 11) is -0.936. The largest absolute Gasteiger partial charge is 0.460 e. The molecule has 26 heavy (non-hydrogen) atoms. The minimum absolute atomic E-state index is 0.0377. The first kappa shape index (κ1) is 17.1. The molecule has 1 aliphatic carbocycles. The van der Waals surface area contributed by atoms with Crippen LogP contribution in [0.25, 0.3) is 22.1 Å². The predicted molar refractivity (Wildman–Crippen MR) is 101 cm³/mol. The van der Waals surface area contributed by atoms with E-state index < -0.39 is 10.9 Å². The number of pyridine rings is 1. The fourth-order valence-electron chi connectivity index (χ4n) is 3.30. The summed E-state index contributed by atoms with van der Waals surface area (Å²) in [5, 5.41) is 0.953. The average molecular weight is 372 g/mol. The number of benzene rings is 1. The molecule has 0 bridgehead atoms. The topological polar surface area (TPSA) is 81.3 Å². The van der Waals surface area contributed by atoms with Crippen molar-refractivity contribution in [2.75, 3.05) is 0 Å². The summed E-state index contributed by atoms with van der Waals surface area (Å²) in [5.74, 6) is 1.46. The van der Waals surface area contributed by atoms with Crippen LogP contribution >= 0.6 is 0 Å². The van der Waals surface area contributed by atoms with E-state index in [1.165, 1.54) is 0 Å². The number of hydrogen-bond acceptors (Lipinski definition) is 4. The molecule has 2 heterocycles. The molecule has 6 nitrogen and oxygen atoms in total. The summed E-state index contributed by atoms with van der Waals surface area (Å²) in [6.45, 7) is 2.00. The maximum absolute atomic E-state index is 12.0.